The molecule has 0 saturated carbocycles. The summed E-state index contributed by atoms with van der Waals surface area (Å²) in [5.74, 6) is 0. The summed E-state index contributed by atoms with van der Waals surface area (Å²) in [7, 11) is 0. The van der Waals surface area contributed by atoms with Crippen LogP contribution in [0.4, 0.5) is 0 Å². The zero-order valence-electron chi connectivity index (χ0n) is 6.72. The third kappa shape index (κ3) is 1.60. The molecule has 4 heteroatoms. The van der Waals surface area contributed by atoms with Crippen molar-refractivity contribution in [2.75, 3.05) is 0 Å². The maximum absolute atomic E-state index is 3.61. The summed E-state index contributed by atoms with van der Waals surface area (Å²) in [6.07, 6.45) is 3.80. The van der Waals surface area contributed by atoms with Crippen molar-refractivity contribution in [1.82, 2.24) is 9.97 Å². The van der Waals surface area contributed by atoms with E-state index < -0.39 is 0 Å². The first kappa shape index (κ1) is 9.09. The molecule has 0 unspecified atom stereocenters. The van der Waals surface area contributed by atoms with Crippen molar-refractivity contribution in [3.63, 3.8) is 0 Å². The summed E-state index contributed by atoms with van der Waals surface area (Å²) in [6.45, 7) is 0. The van der Waals surface area contributed by atoms with Gasteiger partial charge in [0.15, 0.2) is 3.23 Å². The van der Waals surface area contributed by atoms with Crippen LogP contribution < -0.4 is 0 Å². The molecule has 2 heterocycles. The molecular weight excluding hydrogens is 296 g/mol. The normalized spacial score (nSPS) is 11.8. The Kier molecular flexibility index (Phi) is 2.34. The predicted molar refractivity (Wildman–Crippen MR) is 60.2 cm³/mol. The van der Waals surface area contributed by atoms with E-state index in [0.29, 0.717) is 0 Å². The maximum Gasteiger partial charge on any atom is 0.159 e. The highest BCUT2D eigenvalue weighted by Gasteiger charge is 2.29. The van der Waals surface area contributed by atoms with Crippen LogP contribution in [0.2, 0.25) is 0 Å². The van der Waals surface area contributed by atoms with Crippen molar-refractivity contribution in [2.45, 2.75) is 3.23 Å². The Bertz CT molecular complexity index is 326. The molecule has 0 amide bonds. The van der Waals surface area contributed by atoms with Crippen LogP contribution in [0.5, 0.6) is 0 Å². The Morgan fingerprint density at radius 1 is 0.923 bits per heavy atom. The lowest BCUT2D eigenvalue weighted by atomic mass is 10.2. The van der Waals surface area contributed by atoms with E-state index in [4.69, 9.17) is 0 Å². The number of rotatable bonds is 2. The van der Waals surface area contributed by atoms with E-state index >= 15 is 0 Å². The molecule has 0 aliphatic heterocycles. The summed E-state index contributed by atoms with van der Waals surface area (Å²) >= 11 is 7.22. The predicted octanol–water partition coefficient (Wildman–Crippen LogP) is 3.33. The highest BCUT2D eigenvalue weighted by atomic mass is 79.9. The first-order chi connectivity index (χ1) is 6.21. The van der Waals surface area contributed by atoms with E-state index in [1.165, 1.54) is 0 Å². The minimum atomic E-state index is -0.340. The maximum atomic E-state index is 3.61. The molecule has 2 aromatic heterocycles. The standard InChI is InChI=1S/C9H8Br2N2/c10-9(11,7-3-1-5-12-7)8-4-2-6-13-8/h1-6,12-13H. The topological polar surface area (TPSA) is 31.6 Å². The van der Waals surface area contributed by atoms with E-state index in [-0.39, 0.29) is 3.23 Å². The van der Waals surface area contributed by atoms with Gasteiger partial charge in [0.05, 0.1) is 0 Å². The fourth-order valence-electron chi connectivity index (χ4n) is 1.20. The third-order valence-electron chi connectivity index (χ3n) is 1.87. The van der Waals surface area contributed by atoms with Gasteiger partial charge in [-0.05, 0) is 24.3 Å². The van der Waals surface area contributed by atoms with E-state index in [2.05, 4.69) is 41.8 Å². The van der Waals surface area contributed by atoms with Gasteiger partial charge in [0.1, 0.15) is 0 Å². The SMILES string of the molecule is BrC(Br)(c1ccc[nH]1)c1ccc[nH]1. The van der Waals surface area contributed by atoms with Gasteiger partial charge in [-0.1, -0.05) is 31.9 Å². The summed E-state index contributed by atoms with van der Waals surface area (Å²) < 4.78 is -0.340. The van der Waals surface area contributed by atoms with Crippen molar-refractivity contribution >= 4 is 31.9 Å². The molecule has 13 heavy (non-hydrogen) atoms. The first-order valence-electron chi connectivity index (χ1n) is 3.87. The molecule has 2 rings (SSSR count). The minimum absolute atomic E-state index is 0.340. The van der Waals surface area contributed by atoms with Crippen LogP contribution in [-0.4, -0.2) is 9.97 Å². The van der Waals surface area contributed by atoms with Gasteiger partial charge in [0, 0.05) is 23.8 Å². The second-order valence-corrected chi connectivity index (χ2v) is 6.19. The van der Waals surface area contributed by atoms with E-state index in [1.54, 1.807) is 0 Å². The quantitative estimate of drug-likeness (QED) is 0.798. The van der Waals surface area contributed by atoms with Crippen LogP contribution in [0.1, 0.15) is 11.4 Å². The average molecular weight is 304 g/mol. The summed E-state index contributed by atoms with van der Waals surface area (Å²) in [5.41, 5.74) is 2.13. The van der Waals surface area contributed by atoms with Crippen LogP contribution in [0.25, 0.3) is 0 Å². The number of halogens is 2. The fraction of sp³-hybridized carbons (Fsp3) is 0.111. The number of alkyl halides is 2. The van der Waals surface area contributed by atoms with Gasteiger partial charge in [-0.3, -0.25) is 0 Å². The fourth-order valence-corrected chi connectivity index (χ4v) is 2.18. The monoisotopic (exact) mass is 302 g/mol. The zero-order chi connectivity index (χ0) is 9.31. The van der Waals surface area contributed by atoms with Gasteiger partial charge in [-0.2, -0.15) is 0 Å². The molecule has 0 bridgehead atoms. The highest BCUT2D eigenvalue weighted by Crippen LogP contribution is 2.42. The van der Waals surface area contributed by atoms with Gasteiger partial charge in [0.2, 0.25) is 0 Å². The molecule has 0 aromatic carbocycles. The summed E-state index contributed by atoms with van der Waals surface area (Å²) in [4.78, 5) is 6.30. The molecule has 0 saturated heterocycles. The zero-order valence-corrected chi connectivity index (χ0v) is 9.89. The molecule has 2 nitrogen and oxygen atoms in total. The average Bonchev–Trinajstić information content (AvgIpc) is 2.78. The lowest BCUT2D eigenvalue weighted by molar-refractivity contribution is 0.997. The minimum Gasteiger partial charge on any atom is -0.363 e. The Labute approximate surface area is 93.0 Å². The molecule has 0 spiro atoms. The third-order valence-corrected chi connectivity index (χ3v) is 3.58. The van der Waals surface area contributed by atoms with Crippen LogP contribution in [0.15, 0.2) is 36.7 Å². The molecule has 2 aromatic rings. The molecule has 68 valence electrons. The molecular formula is C9H8Br2N2. The van der Waals surface area contributed by atoms with Gasteiger partial charge < -0.3 is 9.97 Å². The number of H-pyrrole nitrogens is 2. The largest absolute Gasteiger partial charge is 0.363 e. The van der Waals surface area contributed by atoms with E-state index in [1.807, 2.05) is 36.7 Å². The Hall–Kier alpha value is -0.480. The number of aromatic nitrogens is 2. The number of hydrogen-bond acceptors (Lipinski definition) is 0. The Balaban J connectivity index is 2.42. The molecule has 0 atom stereocenters. The molecule has 0 aliphatic carbocycles. The van der Waals surface area contributed by atoms with Crippen molar-refractivity contribution in [1.29, 1.82) is 0 Å². The van der Waals surface area contributed by atoms with Crippen molar-refractivity contribution < 1.29 is 0 Å². The van der Waals surface area contributed by atoms with Crippen LogP contribution in [-0.2, 0) is 3.23 Å². The number of aromatic amines is 2. The smallest absolute Gasteiger partial charge is 0.159 e. The van der Waals surface area contributed by atoms with Gasteiger partial charge in [-0.15, -0.1) is 0 Å². The number of hydrogen-bond donors (Lipinski definition) is 2. The van der Waals surface area contributed by atoms with Crippen molar-refractivity contribution in [3.8, 4) is 0 Å². The van der Waals surface area contributed by atoms with Crippen LogP contribution in [0, 0.1) is 0 Å². The molecule has 2 N–H and O–H groups in total. The van der Waals surface area contributed by atoms with E-state index in [0.717, 1.165) is 11.4 Å². The van der Waals surface area contributed by atoms with Crippen LogP contribution >= 0.6 is 31.9 Å². The Morgan fingerprint density at radius 3 is 1.69 bits per heavy atom. The lowest BCUT2D eigenvalue weighted by Crippen LogP contribution is -2.11. The van der Waals surface area contributed by atoms with Gasteiger partial charge in [-0.25, -0.2) is 0 Å². The molecule has 0 radical (unpaired) electrons. The second-order valence-electron chi connectivity index (χ2n) is 2.74. The first-order valence-corrected chi connectivity index (χ1v) is 5.45. The summed E-state index contributed by atoms with van der Waals surface area (Å²) in [5, 5.41) is 0. The van der Waals surface area contributed by atoms with Gasteiger partial charge in [0.25, 0.3) is 0 Å². The number of nitrogens with one attached hydrogen (secondary N) is 2. The molecule has 0 aliphatic rings. The highest BCUT2D eigenvalue weighted by molar-refractivity contribution is 9.25. The Morgan fingerprint density at radius 2 is 1.38 bits per heavy atom. The van der Waals surface area contributed by atoms with Crippen molar-refractivity contribution in [3.05, 3.63) is 48.0 Å². The van der Waals surface area contributed by atoms with Gasteiger partial charge >= 0.3 is 0 Å². The van der Waals surface area contributed by atoms with Crippen molar-refractivity contribution in [2.24, 2.45) is 0 Å². The van der Waals surface area contributed by atoms with E-state index in [9.17, 15) is 0 Å². The summed E-state index contributed by atoms with van der Waals surface area (Å²) in [6, 6.07) is 7.97. The van der Waals surface area contributed by atoms with Crippen LogP contribution in [0.3, 0.4) is 0 Å². The lowest BCUT2D eigenvalue weighted by Gasteiger charge is -2.17. The second kappa shape index (κ2) is 3.35. The molecule has 0 fully saturated rings.